The van der Waals surface area contributed by atoms with Crippen molar-refractivity contribution in [1.29, 1.82) is 0 Å². The Balaban J connectivity index is 2.67. The van der Waals surface area contributed by atoms with Gasteiger partial charge in [-0.15, -0.1) is 0 Å². The molecule has 0 atom stereocenters. The average Bonchev–Trinajstić information content (AvgIpc) is 2.29. The topological polar surface area (TPSA) is 9.23 Å². The van der Waals surface area contributed by atoms with Gasteiger partial charge in [-0.2, -0.15) is 0 Å². The van der Waals surface area contributed by atoms with Gasteiger partial charge in [0.05, 0.1) is 6.10 Å². The first kappa shape index (κ1) is 10.7. The molecule has 0 bridgehead atoms. The second kappa shape index (κ2) is 4.40. The van der Waals surface area contributed by atoms with Gasteiger partial charge in [-0.1, -0.05) is 49.1 Å². The zero-order valence-corrected chi connectivity index (χ0v) is 9.73. The molecule has 0 heterocycles. The highest BCUT2D eigenvalue weighted by molar-refractivity contribution is 5.91. The van der Waals surface area contributed by atoms with Crippen LogP contribution in [0.5, 0.6) is 5.75 Å². The van der Waals surface area contributed by atoms with E-state index in [0.717, 1.165) is 16.7 Å². The van der Waals surface area contributed by atoms with Crippen molar-refractivity contribution in [2.24, 2.45) is 0 Å². The molecule has 2 rings (SSSR count). The largest absolute Gasteiger partial charge is 0.490 e. The van der Waals surface area contributed by atoms with Gasteiger partial charge in [0, 0.05) is 10.9 Å². The maximum Gasteiger partial charge on any atom is 0.134 e. The fourth-order valence-electron chi connectivity index (χ4n) is 1.79. The second-order valence-electron chi connectivity index (χ2n) is 4.08. The number of rotatable bonds is 3. The van der Waals surface area contributed by atoms with E-state index < -0.39 is 0 Å². The molecule has 0 radical (unpaired) electrons. The van der Waals surface area contributed by atoms with E-state index >= 15 is 0 Å². The molecule has 16 heavy (non-hydrogen) atoms. The maximum atomic E-state index is 5.88. The van der Waals surface area contributed by atoms with Crippen molar-refractivity contribution in [3.63, 3.8) is 0 Å². The predicted octanol–water partition coefficient (Wildman–Crippen LogP) is 4.27. The quantitative estimate of drug-likeness (QED) is 0.738. The number of hydrogen-bond donors (Lipinski definition) is 0. The highest BCUT2D eigenvalue weighted by atomic mass is 16.5. The van der Waals surface area contributed by atoms with Crippen molar-refractivity contribution in [1.82, 2.24) is 0 Å². The van der Waals surface area contributed by atoms with Gasteiger partial charge < -0.3 is 4.74 Å². The van der Waals surface area contributed by atoms with Crippen LogP contribution < -0.4 is 4.74 Å². The van der Waals surface area contributed by atoms with E-state index in [1.807, 2.05) is 38.1 Å². The van der Waals surface area contributed by atoms with Gasteiger partial charge in [0.2, 0.25) is 0 Å². The third-order valence-corrected chi connectivity index (χ3v) is 2.48. The van der Waals surface area contributed by atoms with Crippen molar-refractivity contribution in [2.45, 2.75) is 20.0 Å². The van der Waals surface area contributed by atoms with Crippen molar-refractivity contribution >= 4 is 16.8 Å². The lowest BCUT2D eigenvalue weighted by atomic mass is 10.1. The number of hydrogen-bond acceptors (Lipinski definition) is 1. The van der Waals surface area contributed by atoms with Crippen LogP contribution in [0.2, 0.25) is 0 Å². The zero-order valence-electron chi connectivity index (χ0n) is 9.73. The molecule has 0 unspecified atom stereocenters. The fraction of sp³-hybridized carbons (Fsp3) is 0.200. The van der Waals surface area contributed by atoms with Gasteiger partial charge in [-0.25, -0.2) is 0 Å². The summed E-state index contributed by atoms with van der Waals surface area (Å²) in [5.41, 5.74) is 1.05. The highest BCUT2D eigenvalue weighted by Gasteiger charge is 2.07. The smallest absolute Gasteiger partial charge is 0.134 e. The lowest BCUT2D eigenvalue weighted by molar-refractivity contribution is 0.245. The Labute approximate surface area is 96.4 Å². The molecule has 0 saturated heterocycles. The van der Waals surface area contributed by atoms with Gasteiger partial charge >= 0.3 is 0 Å². The molecule has 0 saturated carbocycles. The third kappa shape index (κ3) is 1.94. The van der Waals surface area contributed by atoms with E-state index in [9.17, 15) is 0 Å². The molecule has 2 aromatic carbocycles. The van der Waals surface area contributed by atoms with Crippen molar-refractivity contribution in [2.75, 3.05) is 0 Å². The minimum atomic E-state index is 0.171. The van der Waals surface area contributed by atoms with Gasteiger partial charge in [0.25, 0.3) is 0 Å². The Morgan fingerprint density at radius 2 is 1.88 bits per heavy atom. The van der Waals surface area contributed by atoms with Crippen molar-refractivity contribution in [3.05, 3.63) is 48.5 Å². The van der Waals surface area contributed by atoms with Gasteiger partial charge in [0.1, 0.15) is 5.75 Å². The molecule has 0 fully saturated rings. The van der Waals surface area contributed by atoms with Crippen LogP contribution in [0.25, 0.3) is 16.8 Å². The molecule has 0 aliphatic rings. The van der Waals surface area contributed by atoms with Crippen LogP contribution in [-0.2, 0) is 0 Å². The average molecular weight is 212 g/mol. The second-order valence-corrected chi connectivity index (χ2v) is 4.08. The van der Waals surface area contributed by atoms with Gasteiger partial charge in [-0.3, -0.25) is 0 Å². The van der Waals surface area contributed by atoms with Crippen LogP contribution in [0.1, 0.15) is 19.4 Å². The Kier molecular flexibility index (Phi) is 2.95. The van der Waals surface area contributed by atoms with E-state index in [-0.39, 0.29) is 6.10 Å². The van der Waals surface area contributed by atoms with Crippen LogP contribution >= 0.6 is 0 Å². The minimum Gasteiger partial charge on any atom is -0.490 e. The Bertz CT molecular complexity index is 512. The van der Waals surface area contributed by atoms with Gasteiger partial charge in [-0.05, 0) is 19.2 Å². The lowest BCUT2D eigenvalue weighted by Gasteiger charge is -2.15. The first-order valence-corrected chi connectivity index (χ1v) is 5.53. The molecule has 0 aliphatic heterocycles. The summed E-state index contributed by atoms with van der Waals surface area (Å²) in [7, 11) is 0. The lowest BCUT2D eigenvalue weighted by Crippen LogP contribution is -2.07. The standard InChI is InChI=1S/C15H16O/c1-4-12-9-10-13-7-5-6-8-14(13)15(12)16-11(2)3/h4-11H,1H2,2-3H3. The number of benzene rings is 2. The first-order valence-electron chi connectivity index (χ1n) is 5.53. The predicted molar refractivity (Wildman–Crippen MR) is 69.8 cm³/mol. The van der Waals surface area contributed by atoms with E-state index in [2.05, 4.69) is 24.8 Å². The van der Waals surface area contributed by atoms with Crippen LogP contribution in [0, 0.1) is 0 Å². The Morgan fingerprint density at radius 1 is 1.12 bits per heavy atom. The molecule has 1 nitrogen and oxygen atoms in total. The maximum absolute atomic E-state index is 5.88. The summed E-state index contributed by atoms with van der Waals surface area (Å²) in [6.07, 6.45) is 2.01. The van der Waals surface area contributed by atoms with Crippen LogP contribution in [0.3, 0.4) is 0 Å². The SMILES string of the molecule is C=Cc1ccc2ccccc2c1OC(C)C. The van der Waals surface area contributed by atoms with E-state index in [4.69, 9.17) is 4.74 Å². The minimum absolute atomic E-state index is 0.171. The zero-order chi connectivity index (χ0) is 11.5. The van der Waals surface area contributed by atoms with Crippen molar-refractivity contribution < 1.29 is 4.74 Å². The summed E-state index contributed by atoms with van der Waals surface area (Å²) in [5, 5.41) is 2.34. The summed E-state index contributed by atoms with van der Waals surface area (Å²) >= 11 is 0. The molecule has 0 aliphatic carbocycles. The molecule has 82 valence electrons. The van der Waals surface area contributed by atoms with Crippen molar-refractivity contribution in [3.8, 4) is 5.75 Å². The summed E-state index contributed by atoms with van der Waals surface area (Å²) in [5.74, 6) is 0.933. The van der Waals surface area contributed by atoms with Gasteiger partial charge in [0.15, 0.2) is 0 Å². The fourth-order valence-corrected chi connectivity index (χ4v) is 1.79. The highest BCUT2D eigenvalue weighted by Crippen LogP contribution is 2.31. The monoisotopic (exact) mass is 212 g/mol. The van der Waals surface area contributed by atoms with Crippen LogP contribution in [0.4, 0.5) is 0 Å². The van der Waals surface area contributed by atoms with E-state index in [0.29, 0.717) is 0 Å². The Morgan fingerprint density at radius 3 is 2.56 bits per heavy atom. The summed E-state index contributed by atoms with van der Waals surface area (Å²) in [6.45, 7) is 7.90. The number of fused-ring (bicyclic) bond motifs is 1. The molecule has 0 spiro atoms. The normalized spacial score (nSPS) is 10.7. The molecule has 2 aromatic rings. The summed E-state index contributed by atoms with van der Waals surface area (Å²) < 4.78 is 5.88. The molecular formula is C15H16O. The first-order chi connectivity index (χ1) is 7.72. The molecule has 0 N–H and O–H groups in total. The summed E-state index contributed by atoms with van der Waals surface area (Å²) in [4.78, 5) is 0. The van der Waals surface area contributed by atoms with E-state index in [1.165, 1.54) is 5.39 Å². The molecular weight excluding hydrogens is 196 g/mol. The third-order valence-electron chi connectivity index (χ3n) is 2.48. The molecule has 0 amide bonds. The summed E-state index contributed by atoms with van der Waals surface area (Å²) in [6, 6.07) is 12.4. The van der Waals surface area contributed by atoms with E-state index in [1.54, 1.807) is 0 Å². The Hall–Kier alpha value is -1.76. The van der Waals surface area contributed by atoms with Crippen LogP contribution in [-0.4, -0.2) is 6.10 Å². The molecule has 1 heteroatoms. The number of ether oxygens (including phenoxy) is 1. The molecule has 0 aromatic heterocycles. The van der Waals surface area contributed by atoms with Crippen LogP contribution in [0.15, 0.2) is 43.0 Å².